The molecule has 0 amide bonds. The molecule has 1 aliphatic heterocycles. The zero-order valence-corrected chi connectivity index (χ0v) is 15.1. The number of rotatable bonds is 5. The topological polar surface area (TPSA) is 239 Å². The van der Waals surface area contributed by atoms with Crippen LogP contribution in [0.2, 0.25) is 0 Å². The molecule has 27 heavy (non-hydrogen) atoms. The van der Waals surface area contributed by atoms with Gasteiger partial charge in [0.25, 0.3) is 0 Å². The van der Waals surface area contributed by atoms with E-state index in [9.17, 15) is 24.6 Å². The number of phosphoric acid groups is 1. The van der Waals surface area contributed by atoms with Gasteiger partial charge in [-0.05, 0) is 0 Å². The summed E-state index contributed by atoms with van der Waals surface area (Å²) in [6, 6.07) is 0. The number of imidazole rings is 1. The van der Waals surface area contributed by atoms with E-state index in [4.69, 9.17) is 20.3 Å². The fraction of sp³-hybridized carbons (Fsp3) is 0.500. The summed E-state index contributed by atoms with van der Waals surface area (Å²) < 4.78 is 24.5. The molecule has 1 aliphatic rings. The van der Waals surface area contributed by atoms with E-state index in [0.29, 0.717) is 0 Å². The first-order valence-electron chi connectivity index (χ1n) is 7.23. The van der Waals surface area contributed by atoms with Crippen LogP contribution in [-0.4, -0.2) is 74.2 Å². The van der Waals surface area contributed by atoms with Crippen LogP contribution in [0.1, 0.15) is 6.23 Å². The average Bonchev–Trinajstić information content (AvgIpc) is 3.07. The summed E-state index contributed by atoms with van der Waals surface area (Å²) in [5.41, 5.74) is 6.16. The van der Waals surface area contributed by atoms with Crippen molar-refractivity contribution in [2.45, 2.75) is 24.5 Å². The number of aliphatic hydroxyl groups is 2. The molecule has 0 bridgehead atoms. The molecule has 0 spiro atoms. The predicted octanol–water partition coefficient (Wildman–Crippen LogP) is -1.93. The standard InChI is InChI=1S/C10H16N6O9P2/c11-8-5-9(13-2-12-8)16(3-14-5)10-7(18)6(17)4(24-10)1-15-26(19,20)25-27(21,22)23/h2-4,6-7,10,17-20H,1H2,(H2,11,12,13)(H2,21,22,23)/t4-,6-,7-,10-/m1/s1. The Bertz CT molecular complexity index is 940. The number of hydrogen-bond acceptors (Lipinski definition) is 10. The monoisotopic (exact) mass is 426 g/mol. The zero-order chi connectivity index (χ0) is 20.0. The second-order valence-electron chi connectivity index (χ2n) is 5.54. The first kappa shape index (κ1) is 20.2. The Morgan fingerprint density at radius 2 is 1.93 bits per heavy atom. The third kappa shape index (κ3) is 4.33. The van der Waals surface area contributed by atoms with E-state index in [1.165, 1.54) is 17.2 Å². The molecule has 3 heterocycles. The SMILES string of the molecule is Nc1ncnc2c1ncn2[C@@H]1O[C@H](CN=P(O)(O)OP(=O)(O)O)[C@@H](O)[C@H]1O. The molecular weight excluding hydrogens is 410 g/mol. The maximum absolute atomic E-state index is 10.7. The number of nitrogens with two attached hydrogens (primary N) is 1. The van der Waals surface area contributed by atoms with Gasteiger partial charge in [0.05, 0.1) is 12.9 Å². The Morgan fingerprint density at radius 3 is 2.59 bits per heavy atom. The number of hydrogen-bond donors (Lipinski definition) is 7. The van der Waals surface area contributed by atoms with Gasteiger partial charge in [-0.15, -0.1) is 0 Å². The van der Waals surface area contributed by atoms with E-state index in [1.54, 1.807) is 0 Å². The van der Waals surface area contributed by atoms with Crippen LogP contribution < -0.4 is 5.73 Å². The van der Waals surface area contributed by atoms with Crippen molar-refractivity contribution in [2.75, 3.05) is 12.3 Å². The van der Waals surface area contributed by atoms with Crippen LogP contribution in [0.15, 0.2) is 17.4 Å². The second kappa shape index (κ2) is 7.14. The van der Waals surface area contributed by atoms with E-state index in [1.807, 2.05) is 0 Å². The molecule has 0 saturated carbocycles. The quantitative estimate of drug-likeness (QED) is 0.258. The summed E-state index contributed by atoms with van der Waals surface area (Å²) in [6.07, 6.45) is -2.93. The number of fused-ring (bicyclic) bond motifs is 1. The number of nitrogens with zero attached hydrogens (tertiary/aromatic N) is 5. The van der Waals surface area contributed by atoms with Gasteiger partial charge in [-0.1, -0.05) is 0 Å². The molecule has 0 aliphatic carbocycles. The van der Waals surface area contributed by atoms with Gasteiger partial charge in [-0.2, -0.15) is 0 Å². The third-order valence-corrected chi connectivity index (χ3v) is 5.92. The van der Waals surface area contributed by atoms with Crippen molar-refractivity contribution in [3.8, 4) is 0 Å². The molecule has 0 aromatic carbocycles. The van der Waals surface area contributed by atoms with Crippen LogP contribution in [0.5, 0.6) is 0 Å². The van der Waals surface area contributed by atoms with Crippen LogP contribution >= 0.6 is 15.6 Å². The highest BCUT2D eigenvalue weighted by molar-refractivity contribution is 7.61. The number of ether oxygens (including phenoxy) is 1. The fourth-order valence-electron chi connectivity index (χ4n) is 2.52. The molecule has 1 saturated heterocycles. The largest absolute Gasteiger partial charge is 0.477 e. The first-order chi connectivity index (χ1) is 12.5. The molecule has 2 aromatic heterocycles. The van der Waals surface area contributed by atoms with Gasteiger partial charge in [0.15, 0.2) is 17.7 Å². The Labute approximate surface area is 150 Å². The van der Waals surface area contributed by atoms with Crippen LogP contribution in [-0.2, 0) is 13.6 Å². The Kier molecular flexibility index (Phi) is 5.35. The maximum atomic E-state index is 10.7. The number of anilines is 1. The number of nitrogen functional groups attached to an aromatic ring is 1. The highest BCUT2D eigenvalue weighted by Gasteiger charge is 2.44. The Morgan fingerprint density at radius 1 is 1.22 bits per heavy atom. The molecule has 0 unspecified atom stereocenters. The van der Waals surface area contributed by atoms with Crippen LogP contribution in [0.4, 0.5) is 5.82 Å². The van der Waals surface area contributed by atoms with Gasteiger partial charge in [0, 0.05) is 0 Å². The minimum absolute atomic E-state index is 0.100. The third-order valence-electron chi connectivity index (χ3n) is 3.66. The van der Waals surface area contributed by atoms with Crippen molar-refractivity contribution in [1.29, 1.82) is 0 Å². The van der Waals surface area contributed by atoms with Crippen molar-refractivity contribution < 1.29 is 43.4 Å². The summed E-state index contributed by atoms with van der Waals surface area (Å²) in [4.78, 5) is 47.8. The van der Waals surface area contributed by atoms with Gasteiger partial charge in [0.1, 0.15) is 30.2 Å². The molecule has 1 fully saturated rings. The lowest BCUT2D eigenvalue weighted by Crippen LogP contribution is -2.32. The number of aliphatic hydroxyl groups excluding tert-OH is 2. The fourth-order valence-corrected chi connectivity index (χ4v) is 4.24. The summed E-state index contributed by atoms with van der Waals surface area (Å²) in [5, 5.41) is 20.3. The second-order valence-corrected chi connectivity index (χ2v) is 8.48. The summed E-state index contributed by atoms with van der Waals surface area (Å²) in [5.74, 6) is 0.100. The van der Waals surface area contributed by atoms with Crippen molar-refractivity contribution in [3.63, 3.8) is 0 Å². The summed E-state index contributed by atoms with van der Waals surface area (Å²) in [7, 11) is -9.95. The van der Waals surface area contributed by atoms with Crippen molar-refractivity contribution >= 4 is 32.5 Å². The molecule has 2 aromatic rings. The lowest BCUT2D eigenvalue weighted by Gasteiger charge is -2.16. The van der Waals surface area contributed by atoms with E-state index < -0.39 is 46.6 Å². The molecule has 3 rings (SSSR count). The molecule has 0 radical (unpaired) electrons. The molecule has 150 valence electrons. The van der Waals surface area contributed by atoms with E-state index >= 15 is 0 Å². The minimum atomic E-state index is -5.20. The molecule has 15 nitrogen and oxygen atoms in total. The van der Waals surface area contributed by atoms with Crippen molar-refractivity contribution in [3.05, 3.63) is 12.7 Å². The van der Waals surface area contributed by atoms with Crippen molar-refractivity contribution in [2.24, 2.45) is 4.74 Å². The molecular formula is C10H16N6O9P2. The zero-order valence-electron chi connectivity index (χ0n) is 13.3. The highest BCUT2D eigenvalue weighted by Crippen LogP contribution is 2.56. The summed E-state index contributed by atoms with van der Waals surface area (Å²) >= 11 is 0. The Balaban J connectivity index is 1.82. The molecule has 17 heteroatoms. The van der Waals surface area contributed by atoms with E-state index in [-0.39, 0.29) is 17.0 Å². The maximum Gasteiger partial charge on any atom is 0.477 e. The van der Waals surface area contributed by atoms with E-state index in [0.717, 1.165) is 0 Å². The number of aromatic nitrogens is 4. The van der Waals surface area contributed by atoms with Crippen molar-refractivity contribution in [1.82, 2.24) is 19.5 Å². The highest BCUT2D eigenvalue weighted by atomic mass is 31.3. The lowest BCUT2D eigenvalue weighted by atomic mass is 10.1. The van der Waals surface area contributed by atoms with Gasteiger partial charge in [-0.3, -0.25) is 4.57 Å². The van der Waals surface area contributed by atoms with E-state index in [2.05, 4.69) is 24.0 Å². The normalized spacial score (nSPS) is 26.6. The molecule has 8 N–H and O–H groups in total. The van der Waals surface area contributed by atoms with Gasteiger partial charge >= 0.3 is 15.6 Å². The van der Waals surface area contributed by atoms with Gasteiger partial charge in [-0.25, -0.2) is 28.6 Å². The first-order valence-corrected chi connectivity index (χ1v) is 10.3. The Hall–Kier alpha value is -1.51. The lowest BCUT2D eigenvalue weighted by molar-refractivity contribution is -0.0321. The van der Waals surface area contributed by atoms with Crippen LogP contribution in [0.25, 0.3) is 11.2 Å². The average molecular weight is 426 g/mol. The smallest absolute Gasteiger partial charge is 0.387 e. The molecule has 4 atom stereocenters. The minimum Gasteiger partial charge on any atom is -0.387 e. The summed E-state index contributed by atoms with van der Waals surface area (Å²) in [6.45, 7) is -0.626. The van der Waals surface area contributed by atoms with Crippen LogP contribution in [0, 0.1) is 0 Å². The predicted molar refractivity (Wildman–Crippen MR) is 87.4 cm³/mol. The van der Waals surface area contributed by atoms with Gasteiger partial charge in [0.2, 0.25) is 0 Å². The van der Waals surface area contributed by atoms with Gasteiger partial charge < -0.3 is 40.3 Å². The van der Waals surface area contributed by atoms with Crippen LogP contribution in [0.3, 0.4) is 0 Å².